The maximum atomic E-state index is 12.0. The van der Waals surface area contributed by atoms with Crippen molar-refractivity contribution in [2.75, 3.05) is 0 Å². The molecule has 4 atom stereocenters. The monoisotopic (exact) mass is 396 g/mol. The van der Waals surface area contributed by atoms with Crippen LogP contribution in [0.1, 0.15) is 33.3 Å². The highest BCUT2D eigenvalue weighted by Crippen LogP contribution is 2.07. The Bertz CT molecular complexity index is 684. The third-order valence-corrected chi connectivity index (χ3v) is 3.44. The van der Waals surface area contributed by atoms with Gasteiger partial charge >= 0.3 is 23.9 Å². The Balaban J connectivity index is 2.44. The van der Waals surface area contributed by atoms with E-state index in [1.807, 2.05) is 6.07 Å². The molecule has 0 heterocycles. The van der Waals surface area contributed by atoms with Crippen molar-refractivity contribution in [3.05, 3.63) is 35.9 Å². The standard InChI is InChI=1S/C19H24O9/c1-11(20)16(21)26-13(3)18(23)28-14(4)19(24)27-12(2)17(22)25-10-15-8-6-5-7-9-15/h5-9,11-14,20H,10H2,1-4H3/t11-,12-,13-,14-/m0/s1. The van der Waals surface area contributed by atoms with Gasteiger partial charge in [0, 0.05) is 0 Å². The third-order valence-electron chi connectivity index (χ3n) is 3.44. The van der Waals surface area contributed by atoms with E-state index in [2.05, 4.69) is 4.74 Å². The fourth-order valence-electron chi connectivity index (χ4n) is 1.80. The van der Waals surface area contributed by atoms with Crippen molar-refractivity contribution in [1.82, 2.24) is 0 Å². The normalized spacial score (nSPS) is 14.8. The van der Waals surface area contributed by atoms with Gasteiger partial charge in [-0.15, -0.1) is 0 Å². The number of hydrogen-bond donors (Lipinski definition) is 1. The van der Waals surface area contributed by atoms with Gasteiger partial charge in [0.15, 0.2) is 18.3 Å². The SMILES string of the molecule is C[C@H](O)C(=O)O[C@@H](C)C(=O)O[C@@H](C)C(=O)O[C@@H](C)C(=O)OCc1ccccc1. The van der Waals surface area contributed by atoms with Crippen LogP contribution in [-0.2, 0) is 44.7 Å². The van der Waals surface area contributed by atoms with Gasteiger partial charge in [-0.25, -0.2) is 19.2 Å². The highest BCUT2D eigenvalue weighted by molar-refractivity contribution is 5.85. The lowest BCUT2D eigenvalue weighted by Gasteiger charge is -2.18. The summed E-state index contributed by atoms with van der Waals surface area (Å²) in [5, 5.41) is 9.04. The molecular weight excluding hydrogens is 372 g/mol. The maximum Gasteiger partial charge on any atom is 0.347 e. The number of carbonyl (C=O) groups is 4. The summed E-state index contributed by atoms with van der Waals surface area (Å²) in [4.78, 5) is 46.9. The quantitative estimate of drug-likeness (QED) is 0.479. The number of aliphatic hydroxyl groups excluding tert-OH is 1. The van der Waals surface area contributed by atoms with Crippen LogP contribution in [0.3, 0.4) is 0 Å². The lowest BCUT2D eigenvalue weighted by atomic mass is 10.2. The van der Waals surface area contributed by atoms with Crippen molar-refractivity contribution in [3.63, 3.8) is 0 Å². The minimum Gasteiger partial charge on any atom is -0.458 e. The smallest absolute Gasteiger partial charge is 0.347 e. The zero-order valence-electron chi connectivity index (χ0n) is 16.1. The van der Waals surface area contributed by atoms with Crippen molar-refractivity contribution in [2.24, 2.45) is 0 Å². The lowest BCUT2D eigenvalue weighted by molar-refractivity contribution is -0.183. The van der Waals surface area contributed by atoms with E-state index >= 15 is 0 Å². The van der Waals surface area contributed by atoms with E-state index in [0.717, 1.165) is 5.56 Å². The van der Waals surface area contributed by atoms with Gasteiger partial charge in [-0.3, -0.25) is 0 Å². The van der Waals surface area contributed by atoms with Crippen LogP contribution < -0.4 is 0 Å². The molecule has 9 nitrogen and oxygen atoms in total. The molecule has 1 aromatic rings. The topological polar surface area (TPSA) is 125 Å². The van der Waals surface area contributed by atoms with Crippen molar-refractivity contribution >= 4 is 23.9 Å². The molecule has 9 heteroatoms. The molecule has 0 aliphatic rings. The van der Waals surface area contributed by atoms with E-state index < -0.39 is 48.3 Å². The summed E-state index contributed by atoms with van der Waals surface area (Å²) < 4.78 is 19.5. The van der Waals surface area contributed by atoms with Crippen molar-refractivity contribution in [2.45, 2.75) is 58.7 Å². The molecule has 0 unspecified atom stereocenters. The van der Waals surface area contributed by atoms with E-state index in [4.69, 9.17) is 19.3 Å². The zero-order valence-corrected chi connectivity index (χ0v) is 16.1. The largest absolute Gasteiger partial charge is 0.458 e. The molecule has 0 aromatic heterocycles. The van der Waals surface area contributed by atoms with Crippen molar-refractivity contribution in [1.29, 1.82) is 0 Å². The van der Waals surface area contributed by atoms with Gasteiger partial charge in [0.25, 0.3) is 0 Å². The Hall–Kier alpha value is -2.94. The predicted molar refractivity (Wildman–Crippen MR) is 94.6 cm³/mol. The molecule has 0 fully saturated rings. The molecule has 0 spiro atoms. The predicted octanol–water partition coefficient (Wildman–Crippen LogP) is 0.906. The summed E-state index contributed by atoms with van der Waals surface area (Å²) in [5.74, 6) is -3.73. The van der Waals surface area contributed by atoms with Gasteiger partial charge in [0.05, 0.1) is 0 Å². The van der Waals surface area contributed by atoms with Crippen LogP contribution >= 0.6 is 0 Å². The maximum absolute atomic E-state index is 12.0. The number of hydrogen-bond acceptors (Lipinski definition) is 9. The first-order valence-corrected chi connectivity index (χ1v) is 8.62. The Morgan fingerprint density at radius 3 is 1.64 bits per heavy atom. The van der Waals surface area contributed by atoms with Crippen LogP contribution in [0.15, 0.2) is 30.3 Å². The zero-order chi connectivity index (χ0) is 21.3. The number of aliphatic hydroxyl groups is 1. The Morgan fingerprint density at radius 2 is 1.18 bits per heavy atom. The number of benzene rings is 1. The molecule has 1 N–H and O–H groups in total. The average Bonchev–Trinajstić information content (AvgIpc) is 2.66. The highest BCUT2D eigenvalue weighted by atomic mass is 16.6. The molecule has 1 rings (SSSR count). The molecule has 1 aromatic carbocycles. The molecule has 0 saturated carbocycles. The summed E-state index contributed by atoms with van der Waals surface area (Å²) in [6.07, 6.45) is -5.28. The third kappa shape index (κ3) is 7.75. The molecular formula is C19H24O9. The van der Waals surface area contributed by atoms with Gasteiger partial charge in [-0.05, 0) is 33.3 Å². The molecule has 154 valence electrons. The van der Waals surface area contributed by atoms with Gasteiger partial charge in [-0.1, -0.05) is 30.3 Å². The molecule has 28 heavy (non-hydrogen) atoms. The first-order valence-electron chi connectivity index (χ1n) is 8.62. The summed E-state index contributed by atoms with van der Waals surface area (Å²) in [6, 6.07) is 8.96. The fourth-order valence-corrected chi connectivity index (χ4v) is 1.80. The van der Waals surface area contributed by atoms with Crippen LogP contribution in [0.2, 0.25) is 0 Å². The molecule has 0 bridgehead atoms. The van der Waals surface area contributed by atoms with Crippen LogP contribution in [0, 0.1) is 0 Å². The second-order valence-corrected chi connectivity index (χ2v) is 6.01. The van der Waals surface area contributed by atoms with Gasteiger partial charge in [0.2, 0.25) is 0 Å². The first kappa shape index (κ1) is 23.1. The summed E-state index contributed by atoms with van der Waals surface area (Å²) in [7, 11) is 0. The van der Waals surface area contributed by atoms with Gasteiger partial charge < -0.3 is 24.1 Å². The minimum atomic E-state index is -1.40. The molecule has 0 amide bonds. The highest BCUT2D eigenvalue weighted by Gasteiger charge is 2.29. The van der Waals surface area contributed by atoms with Crippen LogP contribution in [0.25, 0.3) is 0 Å². The van der Waals surface area contributed by atoms with E-state index in [1.165, 1.54) is 27.7 Å². The Labute approximate surface area is 162 Å². The van der Waals surface area contributed by atoms with E-state index in [1.54, 1.807) is 24.3 Å². The molecule has 0 aliphatic heterocycles. The lowest BCUT2D eigenvalue weighted by Crippen LogP contribution is -2.37. The Morgan fingerprint density at radius 1 is 0.750 bits per heavy atom. The molecule has 0 saturated heterocycles. The van der Waals surface area contributed by atoms with E-state index in [9.17, 15) is 19.2 Å². The number of esters is 4. The minimum absolute atomic E-state index is 0.0261. The summed E-state index contributed by atoms with van der Waals surface area (Å²) in [5.41, 5.74) is 0.775. The summed E-state index contributed by atoms with van der Waals surface area (Å²) in [6.45, 7) is 5.00. The second kappa shape index (κ2) is 11.0. The molecule has 0 radical (unpaired) electrons. The van der Waals surface area contributed by atoms with Gasteiger partial charge in [-0.2, -0.15) is 0 Å². The first-order chi connectivity index (χ1) is 13.1. The van der Waals surface area contributed by atoms with Gasteiger partial charge in [0.1, 0.15) is 12.7 Å². The number of rotatable bonds is 9. The number of ether oxygens (including phenoxy) is 4. The Kier molecular flexibility index (Phi) is 9.10. The van der Waals surface area contributed by atoms with Crippen LogP contribution in [-0.4, -0.2) is 53.4 Å². The van der Waals surface area contributed by atoms with Crippen LogP contribution in [0.4, 0.5) is 0 Å². The summed E-state index contributed by atoms with van der Waals surface area (Å²) >= 11 is 0. The van der Waals surface area contributed by atoms with E-state index in [-0.39, 0.29) is 6.61 Å². The second-order valence-electron chi connectivity index (χ2n) is 6.01. The van der Waals surface area contributed by atoms with Crippen LogP contribution in [0.5, 0.6) is 0 Å². The average molecular weight is 396 g/mol. The number of carbonyl (C=O) groups excluding carboxylic acids is 4. The molecule has 0 aliphatic carbocycles. The van der Waals surface area contributed by atoms with E-state index in [0.29, 0.717) is 0 Å². The van der Waals surface area contributed by atoms with Crippen molar-refractivity contribution in [3.8, 4) is 0 Å². The van der Waals surface area contributed by atoms with Crippen molar-refractivity contribution < 1.29 is 43.2 Å². The fraction of sp³-hybridized carbons (Fsp3) is 0.474.